The van der Waals surface area contributed by atoms with Crippen molar-refractivity contribution < 1.29 is 4.79 Å². The quantitative estimate of drug-likeness (QED) is 0.719. The standard InChI is InChI=1S/C9H17N3OS.ClH/c1-12(7-2-3-10-4-7)9(13)8-5-14-6-11-8;/h7-8,10-11H,2-6H2,1H3;1H/t7?,8-;/m1./s1. The number of rotatable bonds is 2. The molecule has 2 aliphatic rings. The summed E-state index contributed by atoms with van der Waals surface area (Å²) >= 11 is 1.80. The smallest absolute Gasteiger partial charge is 0.240 e. The molecule has 0 radical (unpaired) electrons. The Morgan fingerprint density at radius 3 is 2.87 bits per heavy atom. The molecule has 2 rings (SSSR count). The van der Waals surface area contributed by atoms with Gasteiger partial charge < -0.3 is 10.2 Å². The van der Waals surface area contributed by atoms with Gasteiger partial charge in [-0.3, -0.25) is 10.1 Å². The summed E-state index contributed by atoms with van der Waals surface area (Å²) in [5, 5.41) is 6.49. The number of hydrogen-bond donors (Lipinski definition) is 2. The van der Waals surface area contributed by atoms with Gasteiger partial charge in [-0.25, -0.2) is 0 Å². The van der Waals surface area contributed by atoms with E-state index in [4.69, 9.17) is 0 Å². The number of nitrogens with zero attached hydrogens (tertiary/aromatic N) is 1. The van der Waals surface area contributed by atoms with Crippen molar-refractivity contribution in [1.29, 1.82) is 0 Å². The van der Waals surface area contributed by atoms with E-state index < -0.39 is 0 Å². The Morgan fingerprint density at radius 1 is 1.53 bits per heavy atom. The first kappa shape index (κ1) is 13.1. The Bertz CT molecular complexity index is 217. The van der Waals surface area contributed by atoms with Gasteiger partial charge >= 0.3 is 0 Å². The van der Waals surface area contributed by atoms with Crippen LogP contribution in [0.25, 0.3) is 0 Å². The van der Waals surface area contributed by atoms with Gasteiger partial charge in [-0.2, -0.15) is 0 Å². The Balaban J connectivity index is 0.00000112. The topological polar surface area (TPSA) is 44.4 Å². The molecule has 2 saturated heterocycles. The summed E-state index contributed by atoms with van der Waals surface area (Å²) in [5.41, 5.74) is 0. The van der Waals surface area contributed by atoms with Crippen LogP contribution in [0.3, 0.4) is 0 Å². The molecule has 0 bridgehead atoms. The predicted molar refractivity (Wildman–Crippen MR) is 65.5 cm³/mol. The summed E-state index contributed by atoms with van der Waals surface area (Å²) in [5.74, 6) is 2.08. The molecule has 2 fully saturated rings. The molecule has 15 heavy (non-hydrogen) atoms. The highest BCUT2D eigenvalue weighted by Gasteiger charge is 2.30. The largest absolute Gasteiger partial charge is 0.340 e. The lowest BCUT2D eigenvalue weighted by atomic mass is 10.2. The second-order valence-electron chi connectivity index (χ2n) is 3.87. The predicted octanol–water partition coefficient (Wildman–Crippen LogP) is -0.109. The Morgan fingerprint density at radius 2 is 2.33 bits per heavy atom. The fourth-order valence-electron chi connectivity index (χ4n) is 1.95. The van der Waals surface area contributed by atoms with E-state index in [1.807, 2.05) is 11.9 Å². The average Bonchev–Trinajstić information content (AvgIpc) is 2.87. The monoisotopic (exact) mass is 251 g/mol. The highest BCUT2D eigenvalue weighted by atomic mass is 35.5. The van der Waals surface area contributed by atoms with Gasteiger partial charge in [-0.15, -0.1) is 24.2 Å². The van der Waals surface area contributed by atoms with Crippen LogP contribution in [0, 0.1) is 0 Å². The molecule has 1 amide bonds. The summed E-state index contributed by atoms with van der Waals surface area (Å²) in [6, 6.07) is 0.445. The Kier molecular flexibility index (Phi) is 5.18. The summed E-state index contributed by atoms with van der Waals surface area (Å²) in [6.45, 7) is 1.98. The van der Waals surface area contributed by atoms with Crippen LogP contribution >= 0.6 is 24.2 Å². The molecule has 0 spiro atoms. The number of thioether (sulfide) groups is 1. The second kappa shape index (κ2) is 5.94. The highest BCUT2D eigenvalue weighted by Crippen LogP contribution is 2.14. The third-order valence-electron chi connectivity index (χ3n) is 2.94. The number of halogens is 1. The molecule has 2 N–H and O–H groups in total. The van der Waals surface area contributed by atoms with Gasteiger partial charge in [0.2, 0.25) is 5.91 Å². The zero-order chi connectivity index (χ0) is 9.97. The third-order valence-corrected chi connectivity index (χ3v) is 3.88. The fraction of sp³-hybridized carbons (Fsp3) is 0.889. The van der Waals surface area contributed by atoms with Gasteiger partial charge in [-0.05, 0) is 13.0 Å². The molecule has 0 aromatic rings. The Labute approximate surface area is 101 Å². The van der Waals surface area contributed by atoms with Crippen LogP contribution in [0.1, 0.15) is 6.42 Å². The van der Waals surface area contributed by atoms with Crippen molar-refractivity contribution in [2.75, 3.05) is 31.8 Å². The van der Waals surface area contributed by atoms with Gasteiger partial charge in [0, 0.05) is 31.3 Å². The summed E-state index contributed by atoms with van der Waals surface area (Å²) in [6.07, 6.45) is 1.09. The molecular weight excluding hydrogens is 234 g/mol. The van der Waals surface area contributed by atoms with Crippen LogP contribution in [0.4, 0.5) is 0 Å². The van der Waals surface area contributed by atoms with Crippen molar-refractivity contribution in [1.82, 2.24) is 15.5 Å². The maximum Gasteiger partial charge on any atom is 0.240 e. The van der Waals surface area contributed by atoms with E-state index in [1.165, 1.54) is 0 Å². The molecule has 0 aromatic heterocycles. The third kappa shape index (κ3) is 3.00. The highest BCUT2D eigenvalue weighted by molar-refractivity contribution is 7.99. The number of carbonyl (C=O) groups is 1. The maximum absolute atomic E-state index is 12.0. The number of likely N-dealkylation sites (N-methyl/N-ethyl adjacent to an activating group) is 1. The van der Waals surface area contributed by atoms with Crippen LogP contribution in [0.15, 0.2) is 0 Å². The first-order valence-electron chi connectivity index (χ1n) is 5.07. The van der Waals surface area contributed by atoms with Crippen molar-refractivity contribution >= 4 is 30.1 Å². The SMILES string of the molecule is CN(C(=O)[C@H]1CSCN1)C1CCNC1.Cl. The Hall–Kier alpha value is 0.0300. The molecule has 0 saturated carbocycles. The molecule has 0 aliphatic carbocycles. The summed E-state index contributed by atoms with van der Waals surface area (Å²) < 4.78 is 0. The number of amides is 1. The van der Waals surface area contributed by atoms with Crippen molar-refractivity contribution in [2.45, 2.75) is 18.5 Å². The molecule has 2 aliphatic heterocycles. The lowest BCUT2D eigenvalue weighted by Crippen LogP contribution is -2.48. The first-order chi connectivity index (χ1) is 6.79. The zero-order valence-corrected chi connectivity index (χ0v) is 10.5. The van der Waals surface area contributed by atoms with Gasteiger partial charge in [0.25, 0.3) is 0 Å². The first-order valence-corrected chi connectivity index (χ1v) is 6.23. The molecule has 88 valence electrons. The minimum atomic E-state index is 0. The van der Waals surface area contributed by atoms with Crippen LogP contribution in [-0.4, -0.2) is 54.7 Å². The fourth-order valence-corrected chi connectivity index (χ4v) is 2.88. The van der Waals surface area contributed by atoms with E-state index in [1.54, 1.807) is 11.8 Å². The molecular formula is C9H18ClN3OS. The molecule has 2 heterocycles. The summed E-state index contributed by atoms with van der Waals surface area (Å²) in [4.78, 5) is 13.9. The lowest BCUT2D eigenvalue weighted by Gasteiger charge is -2.26. The minimum absolute atomic E-state index is 0. The van der Waals surface area contributed by atoms with Crippen LogP contribution in [-0.2, 0) is 4.79 Å². The number of hydrogen-bond acceptors (Lipinski definition) is 4. The van der Waals surface area contributed by atoms with Crippen LogP contribution < -0.4 is 10.6 Å². The zero-order valence-electron chi connectivity index (χ0n) is 8.86. The van der Waals surface area contributed by atoms with Crippen molar-refractivity contribution in [3.05, 3.63) is 0 Å². The van der Waals surface area contributed by atoms with Crippen LogP contribution in [0.2, 0.25) is 0 Å². The molecule has 6 heteroatoms. The molecule has 0 aromatic carbocycles. The molecule has 2 atom stereocenters. The lowest BCUT2D eigenvalue weighted by molar-refractivity contribution is -0.133. The van der Waals surface area contributed by atoms with E-state index in [9.17, 15) is 4.79 Å². The van der Waals surface area contributed by atoms with Crippen molar-refractivity contribution in [3.8, 4) is 0 Å². The molecule has 4 nitrogen and oxygen atoms in total. The second-order valence-corrected chi connectivity index (χ2v) is 4.90. The minimum Gasteiger partial charge on any atom is -0.340 e. The summed E-state index contributed by atoms with van der Waals surface area (Å²) in [7, 11) is 1.92. The number of carbonyl (C=O) groups excluding carboxylic acids is 1. The van der Waals surface area contributed by atoms with Gasteiger partial charge in [0.1, 0.15) is 0 Å². The van der Waals surface area contributed by atoms with E-state index >= 15 is 0 Å². The normalized spacial score (nSPS) is 29.9. The van der Waals surface area contributed by atoms with Crippen LogP contribution in [0.5, 0.6) is 0 Å². The van der Waals surface area contributed by atoms with Crippen molar-refractivity contribution in [3.63, 3.8) is 0 Å². The van der Waals surface area contributed by atoms with Crippen molar-refractivity contribution in [2.24, 2.45) is 0 Å². The average molecular weight is 252 g/mol. The van der Waals surface area contributed by atoms with Gasteiger partial charge in [0.15, 0.2) is 0 Å². The molecule has 1 unspecified atom stereocenters. The van der Waals surface area contributed by atoms with Gasteiger partial charge in [-0.1, -0.05) is 0 Å². The van der Waals surface area contributed by atoms with E-state index in [-0.39, 0.29) is 24.4 Å². The van der Waals surface area contributed by atoms with Gasteiger partial charge in [0.05, 0.1) is 6.04 Å². The maximum atomic E-state index is 12.0. The van der Waals surface area contributed by atoms with E-state index in [0.29, 0.717) is 6.04 Å². The van der Waals surface area contributed by atoms with E-state index in [0.717, 1.165) is 31.1 Å². The van der Waals surface area contributed by atoms with E-state index in [2.05, 4.69) is 10.6 Å². The number of nitrogens with one attached hydrogen (secondary N) is 2.